The van der Waals surface area contributed by atoms with E-state index in [0.717, 1.165) is 22.6 Å². The Morgan fingerprint density at radius 1 is 0.969 bits per heavy atom. The molecular formula is C25H24N4O3. The van der Waals surface area contributed by atoms with Crippen molar-refractivity contribution < 1.29 is 14.3 Å². The summed E-state index contributed by atoms with van der Waals surface area (Å²) in [5.41, 5.74) is 4.08. The van der Waals surface area contributed by atoms with E-state index in [1.165, 1.54) is 0 Å². The van der Waals surface area contributed by atoms with Crippen molar-refractivity contribution in [1.29, 1.82) is 0 Å². The molecule has 0 radical (unpaired) electrons. The Bertz CT molecular complexity index is 1200. The number of amides is 1. The normalized spacial score (nSPS) is 10.6. The van der Waals surface area contributed by atoms with Gasteiger partial charge in [-0.25, -0.2) is 4.68 Å². The van der Waals surface area contributed by atoms with E-state index in [-0.39, 0.29) is 5.91 Å². The monoisotopic (exact) mass is 428 g/mol. The highest BCUT2D eigenvalue weighted by atomic mass is 16.5. The summed E-state index contributed by atoms with van der Waals surface area (Å²) < 4.78 is 12.5. The van der Waals surface area contributed by atoms with Gasteiger partial charge in [0.15, 0.2) is 5.82 Å². The van der Waals surface area contributed by atoms with E-state index >= 15 is 0 Å². The van der Waals surface area contributed by atoms with Crippen LogP contribution < -0.4 is 14.8 Å². The number of aromatic nitrogens is 3. The third kappa shape index (κ3) is 4.62. The molecule has 1 amide bonds. The van der Waals surface area contributed by atoms with Gasteiger partial charge in [0.1, 0.15) is 5.75 Å². The number of hydrogen-bond acceptors (Lipinski definition) is 5. The second-order valence-corrected chi connectivity index (χ2v) is 7.16. The Balaban J connectivity index is 1.60. The largest absolute Gasteiger partial charge is 0.497 e. The van der Waals surface area contributed by atoms with Crippen molar-refractivity contribution in [3.05, 3.63) is 83.9 Å². The van der Waals surface area contributed by atoms with E-state index in [1.807, 2.05) is 86.6 Å². The zero-order valence-electron chi connectivity index (χ0n) is 18.2. The molecule has 1 heterocycles. The average molecular weight is 428 g/mol. The second kappa shape index (κ2) is 9.34. The Kier molecular flexibility index (Phi) is 6.17. The van der Waals surface area contributed by atoms with Crippen LogP contribution in [-0.2, 0) is 0 Å². The number of rotatable bonds is 7. The number of anilines is 1. The quantitative estimate of drug-likeness (QED) is 0.453. The number of nitrogens with zero attached hydrogens (tertiary/aromatic N) is 3. The van der Waals surface area contributed by atoms with Crippen LogP contribution in [0.1, 0.15) is 22.8 Å². The highest BCUT2D eigenvalue weighted by molar-refractivity contribution is 6.04. The van der Waals surface area contributed by atoms with Gasteiger partial charge in [0.2, 0.25) is 0 Å². The molecule has 0 aliphatic heterocycles. The lowest BCUT2D eigenvalue weighted by Crippen LogP contribution is -2.11. The smallest absolute Gasteiger partial charge is 0.336 e. The van der Waals surface area contributed by atoms with Gasteiger partial charge in [0.25, 0.3) is 5.91 Å². The van der Waals surface area contributed by atoms with Crippen LogP contribution in [-0.4, -0.2) is 34.4 Å². The number of carbonyl (C=O) groups is 1. The number of hydrogen-bond donors (Lipinski definition) is 1. The number of aryl methyl sites for hydroxylation is 1. The predicted molar refractivity (Wildman–Crippen MR) is 124 cm³/mol. The molecule has 4 rings (SSSR count). The number of benzene rings is 3. The van der Waals surface area contributed by atoms with Crippen LogP contribution in [0.15, 0.2) is 72.8 Å². The van der Waals surface area contributed by atoms with Crippen LogP contribution in [0.5, 0.6) is 11.8 Å². The summed E-state index contributed by atoms with van der Waals surface area (Å²) >= 11 is 0. The Hall–Kier alpha value is -4.13. The zero-order valence-corrected chi connectivity index (χ0v) is 18.2. The molecule has 162 valence electrons. The van der Waals surface area contributed by atoms with Crippen molar-refractivity contribution in [2.45, 2.75) is 13.8 Å². The minimum Gasteiger partial charge on any atom is -0.497 e. The van der Waals surface area contributed by atoms with Crippen molar-refractivity contribution in [1.82, 2.24) is 14.8 Å². The van der Waals surface area contributed by atoms with Gasteiger partial charge in [0.05, 0.1) is 19.4 Å². The molecule has 4 aromatic rings. The van der Waals surface area contributed by atoms with Crippen molar-refractivity contribution >= 4 is 11.6 Å². The van der Waals surface area contributed by atoms with Crippen molar-refractivity contribution in [3.8, 4) is 28.8 Å². The lowest BCUT2D eigenvalue weighted by molar-refractivity contribution is 0.102. The molecule has 3 aromatic carbocycles. The fourth-order valence-electron chi connectivity index (χ4n) is 3.18. The Morgan fingerprint density at radius 3 is 2.28 bits per heavy atom. The highest BCUT2D eigenvalue weighted by Gasteiger charge is 2.15. The molecule has 0 saturated heterocycles. The van der Waals surface area contributed by atoms with Gasteiger partial charge in [-0.2, -0.15) is 4.98 Å². The number of nitrogens with one attached hydrogen (secondary N) is 1. The SMILES string of the molecule is CCOc1nc(-c2ccc(OC)cc2)n(-c2ccc(NC(=O)c3ccc(C)cc3)cc2)n1. The molecule has 0 atom stereocenters. The van der Waals surface area contributed by atoms with E-state index in [0.29, 0.717) is 29.7 Å². The number of methoxy groups -OCH3 is 1. The van der Waals surface area contributed by atoms with Gasteiger partial charge < -0.3 is 14.8 Å². The maximum Gasteiger partial charge on any atom is 0.336 e. The van der Waals surface area contributed by atoms with E-state index in [4.69, 9.17) is 9.47 Å². The van der Waals surface area contributed by atoms with E-state index in [9.17, 15) is 4.79 Å². The molecule has 7 heteroatoms. The van der Waals surface area contributed by atoms with Crippen molar-refractivity contribution in [2.75, 3.05) is 19.0 Å². The summed E-state index contributed by atoms with van der Waals surface area (Å²) in [6, 6.07) is 22.8. The predicted octanol–water partition coefficient (Wildman–Crippen LogP) is 4.90. The Morgan fingerprint density at radius 2 is 1.66 bits per heavy atom. The first-order valence-electron chi connectivity index (χ1n) is 10.3. The van der Waals surface area contributed by atoms with E-state index in [2.05, 4.69) is 15.4 Å². The first kappa shape index (κ1) is 21.1. The summed E-state index contributed by atoms with van der Waals surface area (Å²) in [6.45, 7) is 4.34. The number of ether oxygens (including phenoxy) is 2. The van der Waals surface area contributed by atoms with Crippen LogP contribution in [0, 0.1) is 6.92 Å². The highest BCUT2D eigenvalue weighted by Crippen LogP contribution is 2.26. The van der Waals surface area contributed by atoms with Gasteiger partial charge in [-0.3, -0.25) is 4.79 Å². The standard InChI is InChI=1S/C25H24N4O3/c1-4-32-25-27-23(18-9-15-22(31-3)16-10-18)29(28-25)21-13-11-20(12-14-21)26-24(30)19-7-5-17(2)6-8-19/h5-16H,4H2,1-3H3,(H,26,30). The molecule has 1 aromatic heterocycles. The molecule has 0 spiro atoms. The molecule has 32 heavy (non-hydrogen) atoms. The van der Waals surface area contributed by atoms with Crippen LogP contribution in [0.4, 0.5) is 5.69 Å². The van der Waals surface area contributed by atoms with Crippen LogP contribution in [0.2, 0.25) is 0 Å². The molecule has 7 nitrogen and oxygen atoms in total. The first-order chi connectivity index (χ1) is 15.6. The summed E-state index contributed by atoms with van der Waals surface area (Å²) in [6.07, 6.45) is 0. The molecule has 0 aliphatic carbocycles. The minimum atomic E-state index is -0.156. The summed E-state index contributed by atoms with van der Waals surface area (Å²) in [5.74, 6) is 1.25. The van der Waals surface area contributed by atoms with Crippen LogP contribution in [0.25, 0.3) is 17.1 Å². The van der Waals surface area contributed by atoms with Gasteiger partial charge in [-0.1, -0.05) is 17.7 Å². The molecule has 0 bridgehead atoms. The molecular weight excluding hydrogens is 404 g/mol. The van der Waals surface area contributed by atoms with Crippen molar-refractivity contribution in [2.24, 2.45) is 0 Å². The lowest BCUT2D eigenvalue weighted by atomic mass is 10.1. The molecule has 0 unspecified atom stereocenters. The van der Waals surface area contributed by atoms with Crippen LogP contribution >= 0.6 is 0 Å². The Labute approximate surface area is 186 Å². The fourth-order valence-corrected chi connectivity index (χ4v) is 3.18. The maximum absolute atomic E-state index is 12.5. The van der Waals surface area contributed by atoms with Gasteiger partial charge in [-0.05, 0) is 74.5 Å². The van der Waals surface area contributed by atoms with Gasteiger partial charge in [-0.15, -0.1) is 5.10 Å². The zero-order chi connectivity index (χ0) is 22.5. The topological polar surface area (TPSA) is 78.3 Å². The lowest BCUT2D eigenvalue weighted by Gasteiger charge is -2.09. The summed E-state index contributed by atoms with van der Waals surface area (Å²) in [5, 5.41) is 7.42. The molecule has 0 saturated carbocycles. The minimum absolute atomic E-state index is 0.156. The van der Waals surface area contributed by atoms with E-state index < -0.39 is 0 Å². The van der Waals surface area contributed by atoms with Crippen molar-refractivity contribution in [3.63, 3.8) is 0 Å². The molecule has 0 aliphatic rings. The van der Waals surface area contributed by atoms with E-state index in [1.54, 1.807) is 11.8 Å². The summed E-state index contributed by atoms with van der Waals surface area (Å²) in [4.78, 5) is 17.0. The average Bonchev–Trinajstić information content (AvgIpc) is 3.24. The maximum atomic E-state index is 12.5. The van der Waals surface area contributed by atoms with Gasteiger partial charge >= 0.3 is 6.01 Å². The molecule has 1 N–H and O–H groups in total. The second-order valence-electron chi connectivity index (χ2n) is 7.16. The summed E-state index contributed by atoms with van der Waals surface area (Å²) in [7, 11) is 1.63. The third-order valence-corrected chi connectivity index (χ3v) is 4.89. The fraction of sp³-hybridized carbons (Fsp3) is 0.160. The van der Waals surface area contributed by atoms with Crippen LogP contribution in [0.3, 0.4) is 0 Å². The first-order valence-corrected chi connectivity index (χ1v) is 10.3. The third-order valence-electron chi connectivity index (χ3n) is 4.89. The number of carbonyl (C=O) groups excluding carboxylic acids is 1. The molecule has 0 fully saturated rings. The van der Waals surface area contributed by atoms with Gasteiger partial charge in [0, 0.05) is 16.8 Å².